The molecule has 1 aliphatic heterocycles. The van der Waals surface area contributed by atoms with Crippen LogP contribution in [0.25, 0.3) is 5.31 Å². The molecular weight excluding hydrogens is 303 g/mol. The van der Waals surface area contributed by atoms with E-state index < -0.39 is 13.5 Å². The summed E-state index contributed by atoms with van der Waals surface area (Å²) in [5.74, 6) is 0. The van der Waals surface area contributed by atoms with Gasteiger partial charge in [0.05, 0.1) is 11.5 Å². The van der Waals surface area contributed by atoms with Crippen LogP contribution in [0.1, 0.15) is 26.3 Å². The molecule has 0 radical (unpaired) electrons. The molecule has 1 aromatic rings. The van der Waals surface area contributed by atoms with Crippen molar-refractivity contribution in [3.05, 3.63) is 40.8 Å². The lowest BCUT2D eigenvalue weighted by Crippen LogP contribution is -2.23. The topological polar surface area (TPSA) is 41.5 Å². The molecule has 0 saturated carbocycles. The van der Waals surface area contributed by atoms with Gasteiger partial charge < -0.3 is 4.89 Å². The average Bonchev–Trinajstić information content (AvgIpc) is 2.56. The second kappa shape index (κ2) is 5.72. The molecule has 0 aliphatic carbocycles. The van der Waals surface area contributed by atoms with E-state index in [0.717, 1.165) is 21.4 Å². The normalized spacial score (nSPS) is 25.9. The molecule has 0 fully saturated rings. The van der Waals surface area contributed by atoms with Gasteiger partial charge in [0.15, 0.2) is 5.31 Å². The Morgan fingerprint density at radius 2 is 2.00 bits per heavy atom. The molecule has 3 nitrogen and oxygen atoms in total. The molecule has 104 valence electrons. The summed E-state index contributed by atoms with van der Waals surface area (Å²) in [5, 5.41) is 0.583. The molecule has 6 heteroatoms. The zero-order valence-corrected chi connectivity index (χ0v) is 13.5. The Balaban J connectivity index is 2.59. The number of rotatable bonds is 4. The molecule has 0 amide bonds. The lowest BCUT2D eigenvalue weighted by molar-refractivity contribution is -0.217. The maximum Gasteiger partial charge on any atom is 0.274 e. The third-order valence-corrected chi connectivity index (χ3v) is 6.60. The monoisotopic (exact) mass is 318 g/mol. The molecule has 0 aromatic heterocycles. The van der Waals surface area contributed by atoms with Crippen molar-refractivity contribution in [2.24, 2.45) is 0 Å². The van der Waals surface area contributed by atoms with Gasteiger partial charge in [-0.05, 0) is 42.4 Å². The van der Waals surface area contributed by atoms with E-state index in [1.807, 2.05) is 44.2 Å². The zero-order valence-electron chi connectivity index (χ0n) is 11.1. The van der Waals surface area contributed by atoms with Gasteiger partial charge in [0.25, 0.3) is 7.94 Å². The maximum atomic E-state index is 13.0. The minimum absolute atomic E-state index is 0.323. The van der Waals surface area contributed by atoms with Crippen LogP contribution in [0.5, 0.6) is 0 Å². The fourth-order valence-electron chi connectivity index (χ4n) is 2.07. The van der Waals surface area contributed by atoms with Crippen molar-refractivity contribution in [3.8, 4) is 0 Å². The standard InChI is InChI=1S/C13H16ClO3PS/c1-4-16-18(15)11(10-8-6-5-7-9-10)12(19-14)13(2,3)17-18/h5-9H,4H2,1-3H3. The summed E-state index contributed by atoms with van der Waals surface area (Å²) in [5.41, 5.74) is 0.121. The fraction of sp³-hybridized carbons (Fsp3) is 0.385. The summed E-state index contributed by atoms with van der Waals surface area (Å²) >= 11 is 0. The molecular formula is C13H16ClO3PS. The summed E-state index contributed by atoms with van der Waals surface area (Å²) in [6, 6.07) is 9.46. The molecule has 1 atom stereocenters. The van der Waals surface area contributed by atoms with Crippen LogP contribution in [0, 0.1) is 0 Å². The Morgan fingerprint density at radius 3 is 2.53 bits per heavy atom. The third kappa shape index (κ3) is 2.85. The molecule has 19 heavy (non-hydrogen) atoms. The van der Waals surface area contributed by atoms with Gasteiger partial charge in [-0.2, -0.15) is 4.52 Å². The van der Waals surface area contributed by atoms with Crippen LogP contribution in [-0.4, -0.2) is 12.2 Å². The predicted octanol–water partition coefficient (Wildman–Crippen LogP) is 4.21. The van der Waals surface area contributed by atoms with Crippen molar-refractivity contribution in [2.75, 3.05) is 6.61 Å². The first-order chi connectivity index (χ1) is 8.94. The molecule has 0 bridgehead atoms. The number of halogens is 1. The second-order valence-corrected chi connectivity index (χ2v) is 7.55. The Bertz CT molecular complexity index is 492. The Labute approximate surface area is 123 Å². The molecule has 1 unspecified atom stereocenters. The summed E-state index contributed by atoms with van der Waals surface area (Å²) in [6.45, 7) is 5.81. The van der Waals surface area contributed by atoms with Gasteiger partial charge in [-0.1, -0.05) is 30.3 Å². The van der Waals surface area contributed by atoms with Crippen LogP contribution in [0.4, 0.5) is 0 Å². The zero-order chi connectivity index (χ0) is 14.1. The van der Waals surface area contributed by atoms with E-state index in [1.165, 1.54) is 0 Å². The Kier molecular flexibility index (Phi) is 4.61. The van der Waals surface area contributed by atoms with Gasteiger partial charge in [0.2, 0.25) is 0 Å². The minimum Gasteiger partial charge on any atom is -0.627 e. The smallest absolute Gasteiger partial charge is 0.274 e. The van der Waals surface area contributed by atoms with Crippen LogP contribution in [0.2, 0.25) is 0 Å². The lowest BCUT2D eigenvalue weighted by atomic mass is 10.1. The van der Waals surface area contributed by atoms with E-state index in [4.69, 9.17) is 19.7 Å². The van der Waals surface area contributed by atoms with Gasteiger partial charge >= 0.3 is 0 Å². The van der Waals surface area contributed by atoms with Gasteiger partial charge in [0, 0.05) is 5.56 Å². The van der Waals surface area contributed by atoms with E-state index in [0.29, 0.717) is 11.9 Å². The fourth-order valence-corrected chi connectivity index (χ4v) is 6.26. The average molecular weight is 319 g/mol. The lowest BCUT2D eigenvalue weighted by Gasteiger charge is -2.26. The molecule has 1 heterocycles. The van der Waals surface area contributed by atoms with Crippen molar-refractivity contribution < 1.29 is 13.9 Å². The second-order valence-electron chi connectivity index (χ2n) is 4.64. The molecule has 0 saturated heterocycles. The van der Waals surface area contributed by atoms with Gasteiger partial charge in [-0.3, -0.25) is 0 Å². The van der Waals surface area contributed by atoms with Crippen molar-refractivity contribution in [1.29, 1.82) is 0 Å². The summed E-state index contributed by atoms with van der Waals surface area (Å²) in [4.78, 5) is 13.7. The van der Waals surface area contributed by atoms with Crippen molar-refractivity contribution in [1.82, 2.24) is 0 Å². The van der Waals surface area contributed by atoms with E-state index in [9.17, 15) is 4.89 Å². The molecule has 2 rings (SSSR count). The Hall–Kier alpha value is -0.0900. The predicted molar refractivity (Wildman–Crippen MR) is 80.5 cm³/mol. The highest BCUT2D eigenvalue weighted by Crippen LogP contribution is 2.74. The van der Waals surface area contributed by atoms with E-state index in [1.54, 1.807) is 6.92 Å². The van der Waals surface area contributed by atoms with Crippen LogP contribution in [0.3, 0.4) is 0 Å². The number of hydrogen-bond donors (Lipinski definition) is 0. The first-order valence-corrected chi connectivity index (χ1v) is 9.18. The highest BCUT2D eigenvalue weighted by molar-refractivity contribution is 8.24. The maximum absolute atomic E-state index is 13.0. The largest absolute Gasteiger partial charge is 0.627 e. The minimum atomic E-state index is -3.32. The van der Waals surface area contributed by atoms with E-state index in [-0.39, 0.29) is 0 Å². The van der Waals surface area contributed by atoms with Crippen LogP contribution >= 0.6 is 29.6 Å². The summed E-state index contributed by atoms with van der Waals surface area (Å²) < 4.78 is 11.1. The van der Waals surface area contributed by atoms with Gasteiger partial charge in [-0.25, -0.2) is 4.52 Å². The molecule has 0 spiro atoms. The van der Waals surface area contributed by atoms with Crippen LogP contribution in [-0.2, 0) is 9.05 Å². The third-order valence-electron chi connectivity index (χ3n) is 2.81. The molecule has 1 aromatic carbocycles. The van der Waals surface area contributed by atoms with Crippen LogP contribution < -0.4 is 4.89 Å². The van der Waals surface area contributed by atoms with Crippen molar-refractivity contribution in [2.45, 2.75) is 26.4 Å². The first kappa shape index (κ1) is 15.3. The highest BCUT2D eigenvalue weighted by Gasteiger charge is 2.55. The van der Waals surface area contributed by atoms with E-state index >= 15 is 0 Å². The molecule has 1 aliphatic rings. The SMILES string of the molecule is CCO[P+]1([O-])OC(C)(C)C(SCl)=C1c1ccccc1. The summed E-state index contributed by atoms with van der Waals surface area (Å²) in [7, 11) is 3.69. The quantitative estimate of drug-likeness (QED) is 0.780. The Morgan fingerprint density at radius 1 is 1.37 bits per heavy atom. The van der Waals surface area contributed by atoms with Crippen LogP contribution in [0.15, 0.2) is 35.2 Å². The molecule has 0 N–H and O–H groups in total. The number of benzene rings is 1. The van der Waals surface area contributed by atoms with Gasteiger partial charge in [0.1, 0.15) is 5.60 Å². The van der Waals surface area contributed by atoms with E-state index in [2.05, 4.69) is 0 Å². The van der Waals surface area contributed by atoms with Gasteiger partial charge in [-0.15, -0.1) is 0 Å². The van der Waals surface area contributed by atoms with Crippen molar-refractivity contribution >= 4 is 34.9 Å². The van der Waals surface area contributed by atoms with Crippen molar-refractivity contribution in [3.63, 3.8) is 0 Å². The summed E-state index contributed by atoms with van der Waals surface area (Å²) in [6.07, 6.45) is 0. The first-order valence-electron chi connectivity index (χ1n) is 5.99. The number of hydrogen-bond acceptors (Lipinski definition) is 4. The highest BCUT2D eigenvalue weighted by atomic mass is 35.7.